The summed E-state index contributed by atoms with van der Waals surface area (Å²) in [6.45, 7) is 6.32. The SMILES string of the molecule is CCOc1ccc(C(C)NC(CC)C(=O)OC)o1. The van der Waals surface area contributed by atoms with Gasteiger partial charge in [0.1, 0.15) is 11.8 Å². The van der Waals surface area contributed by atoms with Gasteiger partial charge in [-0.15, -0.1) is 0 Å². The van der Waals surface area contributed by atoms with Crippen molar-refractivity contribution < 1.29 is 18.7 Å². The third kappa shape index (κ3) is 3.77. The van der Waals surface area contributed by atoms with Crippen molar-refractivity contribution in [3.8, 4) is 5.95 Å². The topological polar surface area (TPSA) is 60.7 Å². The summed E-state index contributed by atoms with van der Waals surface area (Å²) in [5, 5.41) is 3.17. The van der Waals surface area contributed by atoms with Crippen LogP contribution < -0.4 is 10.1 Å². The number of carbonyl (C=O) groups excluding carboxylic acids is 1. The van der Waals surface area contributed by atoms with E-state index in [1.54, 1.807) is 6.07 Å². The lowest BCUT2D eigenvalue weighted by molar-refractivity contribution is -0.143. The second-order valence-corrected chi connectivity index (χ2v) is 3.96. The van der Waals surface area contributed by atoms with Crippen molar-refractivity contribution in [2.75, 3.05) is 13.7 Å². The number of hydrogen-bond donors (Lipinski definition) is 1. The summed E-state index contributed by atoms with van der Waals surface area (Å²) in [7, 11) is 1.39. The van der Waals surface area contributed by atoms with Gasteiger partial charge in [0.25, 0.3) is 5.95 Å². The van der Waals surface area contributed by atoms with Crippen LogP contribution in [0.1, 0.15) is 39.0 Å². The highest BCUT2D eigenvalue weighted by Crippen LogP contribution is 2.22. The van der Waals surface area contributed by atoms with Gasteiger partial charge in [-0.05, 0) is 26.3 Å². The minimum atomic E-state index is -0.328. The summed E-state index contributed by atoms with van der Waals surface area (Å²) < 4.78 is 15.5. The summed E-state index contributed by atoms with van der Waals surface area (Å²) in [5.74, 6) is 0.967. The fourth-order valence-electron chi connectivity index (χ4n) is 1.67. The molecule has 1 N–H and O–H groups in total. The number of carbonyl (C=O) groups is 1. The van der Waals surface area contributed by atoms with Crippen LogP contribution in [-0.4, -0.2) is 25.7 Å². The van der Waals surface area contributed by atoms with Crippen LogP contribution >= 0.6 is 0 Å². The molecule has 18 heavy (non-hydrogen) atoms. The van der Waals surface area contributed by atoms with Crippen molar-refractivity contribution in [2.45, 2.75) is 39.3 Å². The Hall–Kier alpha value is -1.49. The van der Waals surface area contributed by atoms with Crippen LogP contribution in [0.4, 0.5) is 0 Å². The summed E-state index contributed by atoms with van der Waals surface area (Å²) in [4.78, 5) is 11.5. The molecule has 1 heterocycles. The molecule has 0 radical (unpaired) electrons. The Morgan fingerprint density at radius 2 is 2.17 bits per heavy atom. The summed E-state index contributed by atoms with van der Waals surface area (Å²) in [6.07, 6.45) is 0.663. The fraction of sp³-hybridized carbons (Fsp3) is 0.615. The molecule has 0 amide bonds. The second-order valence-electron chi connectivity index (χ2n) is 3.96. The molecule has 1 rings (SSSR count). The molecule has 0 spiro atoms. The first-order valence-electron chi connectivity index (χ1n) is 6.18. The molecule has 2 atom stereocenters. The summed E-state index contributed by atoms with van der Waals surface area (Å²) >= 11 is 0. The van der Waals surface area contributed by atoms with Gasteiger partial charge in [0.2, 0.25) is 0 Å². The predicted molar refractivity (Wildman–Crippen MR) is 67.5 cm³/mol. The smallest absolute Gasteiger partial charge is 0.322 e. The third-order valence-electron chi connectivity index (χ3n) is 2.66. The zero-order valence-electron chi connectivity index (χ0n) is 11.4. The van der Waals surface area contributed by atoms with Gasteiger partial charge in [-0.3, -0.25) is 10.1 Å². The Labute approximate surface area is 107 Å². The normalized spacial score (nSPS) is 14.0. The molecule has 0 fully saturated rings. The van der Waals surface area contributed by atoms with E-state index in [-0.39, 0.29) is 18.1 Å². The number of hydrogen-bond acceptors (Lipinski definition) is 5. The first-order valence-corrected chi connectivity index (χ1v) is 6.18. The van der Waals surface area contributed by atoms with E-state index in [1.807, 2.05) is 26.8 Å². The van der Waals surface area contributed by atoms with Gasteiger partial charge in [0.15, 0.2) is 0 Å². The van der Waals surface area contributed by atoms with Crippen LogP contribution in [0.5, 0.6) is 5.95 Å². The standard InChI is InChI=1S/C13H21NO4/c1-5-10(13(15)16-4)14-9(3)11-7-8-12(18-11)17-6-2/h7-10,14H,5-6H2,1-4H3. The lowest BCUT2D eigenvalue weighted by atomic mass is 10.1. The Kier molecular flexibility index (Phi) is 5.71. The van der Waals surface area contributed by atoms with Crippen LogP contribution in [0.25, 0.3) is 0 Å². The maximum absolute atomic E-state index is 11.5. The van der Waals surface area contributed by atoms with Gasteiger partial charge in [-0.25, -0.2) is 0 Å². The molecule has 2 unspecified atom stereocenters. The van der Waals surface area contributed by atoms with Gasteiger partial charge in [0.05, 0.1) is 19.8 Å². The lowest BCUT2D eigenvalue weighted by Gasteiger charge is -2.18. The van der Waals surface area contributed by atoms with Crippen molar-refractivity contribution in [2.24, 2.45) is 0 Å². The molecule has 0 aliphatic carbocycles. The highest BCUT2D eigenvalue weighted by molar-refractivity contribution is 5.75. The van der Waals surface area contributed by atoms with Crippen molar-refractivity contribution in [1.82, 2.24) is 5.32 Å². The van der Waals surface area contributed by atoms with Gasteiger partial charge in [0, 0.05) is 6.07 Å². The maximum Gasteiger partial charge on any atom is 0.322 e. The van der Waals surface area contributed by atoms with E-state index >= 15 is 0 Å². The van der Waals surface area contributed by atoms with Crippen molar-refractivity contribution in [1.29, 1.82) is 0 Å². The molecule has 5 nitrogen and oxygen atoms in total. The molecule has 0 aliphatic heterocycles. The predicted octanol–water partition coefficient (Wildman–Crippen LogP) is 2.28. The lowest BCUT2D eigenvalue weighted by Crippen LogP contribution is -2.38. The van der Waals surface area contributed by atoms with Crippen molar-refractivity contribution in [3.63, 3.8) is 0 Å². The van der Waals surface area contributed by atoms with Crippen LogP contribution in [-0.2, 0) is 9.53 Å². The molecule has 0 saturated carbocycles. The second kappa shape index (κ2) is 7.06. The highest BCUT2D eigenvalue weighted by atomic mass is 16.6. The molecule has 0 aliphatic rings. The van der Waals surface area contributed by atoms with Crippen LogP contribution in [0.15, 0.2) is 16.5 Å². The van der Waals surface area contributed by atoms with E-state index in [2.05, 4.69) is 5.32 Å². The zero-order valence-corrected chi connectivity index (χ0v) is 11.4. The number of nitrogens with one attached hydrogen (secondary N) is 1. The van der Waals surface area contributed by atoms with E-state index in [0.29, 0.717) is 19.0 Å². The minimum absolute atomic E-state index is 0.0803. The largest absolute Gasteiger partial charge is 0.468 e. The molecule has 0 saturated heterocycles. The average Bonchev–Trinajstić information content (AvgIpc) is 2.84. The molecule has 0 bridgehead atoms. The van der Waals surface area contributed by atoms with Crippen LogP contribution in [0.2, 0.25) is 0 Å². The molecular formula is C13H21NO4. The minimum Gasteiger partial charge on any atom is -0.468 e. The van der Waals surface area contributed by atoms with Gasteiger partial charge < -0.3 is 13.9 Å². The van der Waals surface area contributed by atoms with Gasteiger partial charge in [-0.2, -0.15) is 0 Å². The molecule has 1 aromatic rings. The molecule has 5 heteroatoms. The van der Waals surface area contributed by atoms with Crippen molar-refractivity contribution in [3.05, 3.63) is 17.9 Å². The fourth-order valence-corrected chi connectivity index (χ4v) is 1.67. The van der Waals surface area contributed by atoms with Crippen molar-refractivity contribution >= 4 is 5.97 Å². The first kappa shape index (κ1) is 14.6. The van der Waals surface area contributed by atoms with E-state index in [1.165, 1.54) is 7.11 Å². The Balaban J connectivity index is 2.62. The van der Waals surface area contributed by atoms with E-state index in [4.69, 9.17) is 13.9 Å². The number of ether oxygens (including phenoxy) is 2. The zero-order chi connectivity index (χ0) is 13.5. The molecular weight excluding hydrogens is 234 g/mol. The quantitative estimate of drug-likeness (QED) is 0.757. The van der Waals surface area contributed by atoms with Gasteiger partial charge >= 0.3 is 5.97 Å². The average molecular weight is 255 g/mol. The first-order chi connectivity index (χ1) is 8.62. The maximum atomic E-state index is 11.5. The monoisotopic (exact) mass is 255 g/mol. The number of furan rings is 1. The Morgan fingerprint density at radius 1 is 1.44 bits per heavy atom. The number of methoxy groups -OCH3 is 1. The third-order valence-corrected chi connectivity index (χ3v) is 2.66. The van der Waals surface area contributed by atoms with Crippen LogP contribution in [0, 0.1) is 0 Å². The molecule has 1 aromatic heterocycles. The van der Waals surface area contributed by atoms with E-state index < -0.39 is 0 Å². The molecule has 102 valence electrons. The number of rotatable bonds is 7. The van der Waals surface area contributed by atoms with E-state index in [0.717, 1.165) is 5.76 Å². The molecule has 0 aromatic carbocycles. The number of esters is 1. The van der Waals surface area contributed by atoms with Gasteiger partial charge in [-0.1, -0.05) is 6.92 Å². The summed E-state index contributed by atoms with van der Waals surface area (Å²) in [6, 6.07) is 3.21. The van der Waals surface area contributed by atoms with Crippen LogP contribution in [0.3, 0.4) is 0 Å². The Morgan fingerprint density at radius 3 is 2.72 bits per heavy atom. The van der Waals surface area contributed by atoms with E-state index in [9.17, 15) is 4.79 Å². The summed E-state index contributed by atoms with van der Waals surface area (Å²) in [5.41, 5.74) is 0. The highest BCUT2D eigenvalue weighted by Gasteiger charge is 2.21. The Bertz CT molecular complexity index is 375.